The molecule has 7 nitrogen and oxygen atoms in total. The predicted molar refractivity (Wildman–Crippen MR) is 124 cm³/mol. The molecule has 31 heavy (non-hydrogen) atoms. The van der Waals surface area contributed by atoms with Gasteiger partial charge in [0.15, 0.2) is 0 Å². The van der Waals surface area contributed by atoms with E-state index in [4.69, 9.17) is 5.10 Å². The average molecular weight is 421 g/mol. The van der Waals surface area contributed by atoms with Gasteiger partial charge >= 0.3 is 0 Å². The Morgan fingerprint density at radius 3 is 2.71 bits per heavy atom. The third kappa shape index (κ3) is 4.28. The molecule has 0 radical (unpaired) electrons. The third-order valence-electron chi connectivity index (χ3n) is 6.34. The Hall–Kier alpha value is -2.93. The molecule has 1 aliphatic rings. The van der Waals surface area contributed by atoms with Crippen LogP contribution in [0.3, 0.4) is 0 Å². The van der Waals surface area contributed by atoms with Crippen LogP contribution in [0.5, 0.6) is 0 Å². The van der Waals surface area contributed by atoms with Gasteiger partial charge in [-0.1, -0.05) is 18.2 Å². The topological polar surface area (TPSA) is 70.3 Å². The zero-order valence-corrected chi connectivity index (χ0v) is 18.9. The summed E-state index contributed by atoms with van der Waals surface area (Å²) in [5.41, 5.74) is 5.69. The van der Waals surface area contributed by atoms with E-state index in [1.165, 1.54) is 11.1 Å². The Labute approximate surface area is 184 Å². The van der Waals surface area contributed by atoms with Crippen LogP contribution in [0, 0.1) is 20.8 Å². The predicted octanol–water partition coefficient (Wildman–Crippen LogP) is 3.58. The zero-order chi connectivity index (χ0) is 22.0. The van der Waals surface area contributed by atoms with E-state index >= 15 is 0 Å². The number of para-hydroxylation sites is 1. The van der Waals surface area contributed by atoms with Crippen LogP contribution in [0.25, 0.3) is 5.69 Å². The van der Waals surface area contributed by atoms with E-state index in [1.807, 2.05) is 16.8 Å². The molecule has 1 atom stereocenters. The minimum absolute atomic E-state index is 0.138. The quantitative estimate of drug-likeness (QED) is 0.657. The first-order chi connectivity index (χ1) is 15.0. The van der Waals surface area contributed by atoms with Gasteiger partial charge in [0.25, 0.3) is 0 Å². The highest BCUT2D eigenvalue weighted by molar-refractivity contribution is 5.51. The molecule has 0 saturated carbocycles. The number of hydrogen-bond acceptors (Lipinski definition) is 6. The van der Waals surface area contributed by atoms with Crippen LogP contribution in [0.1, 0.15) is 41.8 Å². The number of benzene rings is 1. The molecule has 1 saturated heterocycles. The van der Waals surface area contributed by atoms with Crippen LogP contribution < -0.4 is 9.80 Å². The molecule has 1 aliphatic heterocycles. The van der Waals surface area contributed by atoms with Crippen molar-refractivity contribution in [2.75, 3.05) is 30.0 Å². The zero-order valence-electron chi connectivity index (χ0n) is 18.9. The summed E-state index contributed by atoms with van der Waals surface area (Å²) in [5.74, 6) is 1.76. The monoisotopic (exact) mass is 420 g/mol. The van der Waals surface area contributed by atoms with E-state index in [0.717, 1.165) is 54.5 Å². The summed E-state index contributed by atoms with van der Waals surface area (Å²) in [7, 11) is 2.05. The maximum atomic E-state index is 9.77. The molecule has 4 rings (SSSR count). The third-order valence-corrected chi connectivity index (χ3v) is 6.34. The van der Waals surface area contributed by atoms with Crippen LogP contribution in [-0.4, -0.2) is 51.1 Å². The molecule has 0 aliphatic carbocycles. The van der Waals surface area contributed by atoms with Gasteiger partial charge in [-0.2, -0.15) is 5.10 Å². The summed E-state index contributed by atoms with van der Waals surface area (Å²) in [4.78, 5) is 13.4. The molecular weight excluding hydrogens is 388 g/mol. The second-order valence-electron chi connectivity index (χ2n) is 8.46. The molecule has 1 N–H and O–H groups in total. The summed E-state index contributed by atoms with van der Waals surface area (Å²) in [6.45, 7) is 8.10. The van der Waals surface area contributed by atoms with E-state index in [0.29, 0.717) is 6.54 Å². The fourth-order valence-electron chi connectivity index (χ4n) is 4.45. The summed E-state index contributed by atoms with van der Waals surface area (Å²) >= 11 is 0. The van der Waals surface area contributed by atoms with Crippen LogP contribution in [-0.2, 0) is 6.54 Å². The fourth-order valence-corrected chi connectivity index (χ4v) is 4.45. The van der Waals surface area contributed by atoms with Gasteiger partial charge in [-0.15, -0.1) is 0 Å². The number of rotatable bonds is 6. The first-order valence-corrected chi connectivity index (χ1v) is 11.0. The lowest BCUT2D eigenvalue weighted by Crippen LogP contribution is -2.42. The summed E-state index contributed by atoms with van der Waals surface area (Å²) in [6.07, 6.45) is 4.91. The van der Waals surface area contributed by atoms with Crippen molar-refractivity contribution in [3.63, 3.8) is 0 Å². The van der Waals surface area contributed by atoms with E-state index < -0.39 is 0 Å². The molecule has 164 valence electrons. The van der Waals surface area contributed by atoms with Crippen molar-refractivity contribution in [2.24, 2.45) is 0 Å². The smallest absolute Gasteiger partial charge is 0.134 e. The second kappa shape index (κ2) is 9.06. The lowest BCUT2D eigenvalue weighted by atomic mass is 10.0. The van der Waals surface area contributed by atoms with Gasteiger partial charge in [0.2, 0.25) is 0 Å². The molecule has 2 aromatic heterocycles. The molecule has 3 heterocycles. The van der Waals surface area contributed by atoms with Crippen LogP contribution in [0.15, 0.2) is 36.7 Å². The van der Waals surface area contributed by atoms with Crippen LogP contribution in [0.2, 0.25) is 0 Å². The minimum atomic E-state index is 0.138. The Bertz CT molecular complexity index is 1050. The number of aliphatic hydroxyl groups excluding tert-OH is 1. The lowest BCUT2D eigenvalue weighted by Gasteiger charge is -2.35. The van der Waals surface area contributed by atoms with Crippen molar-refractivity contribution in [2.45, 2.75) is 52.6 Å². The first kappa shape index (κ1) is 21.3. The lowest BCUT2D eigenvalue weighted by molar-refractivity contribution is 0.239. The Morgan fingerprint density at radius 2 is 1.94 bits per heavy atom. The van der Waals surface area contributed by atoms with E-state index in [2.05, 4.69) is 65.8 Å². The maximum Gasteiger partial charge on any atom is 0.134 e. The highest BCUT2D eigenvalue weighted by Crippen LogP contribution is 2.27. The number of aryl methyl sites for hydroxylation is 2. The molecule has 1 unspecified atom stereocenters. The highest BCUT2D eigenvalue weighted by Gasteiger charge is 2.24. The molecule has 0 spiro atoms. The highest BCUT2D eigenvalue weighted by atomic mass is 16.3. The van der Waals surface area contributed by atoms with Crippen molar-refractivity contribution in [1.29, 1.82) is 0 Å². The normalized spacial score (nSPS) is 16.5. The molecule has 1 aromatic carbocycles. The fraction of sp³-hybridized carbons (Fsp3) is 0.458. The standard InChI is InChI=1S/C24H32N6O/c1-17-9-5-6-11-22(17)30-19(3)21(18(2)27-30)14-28(4)23-13-24(26-16-25-23)29-12-8-7-10-20(29)15-31/h5-6,9,11,13,16,20,31H,7-8,10,12,14-15H2,1-4H3. The van der Waals surface area contributed by atoms with Gasteiger partial charge in [-0.3, -0.25) is 0 Å². The van der Waals surface area contributed by atoms with Gasteiger partial charge in [-0.25, -0.2) is 14.6 Å². The van der Waals surface area contributed by atoms with Crippen molar-refractivity contribution in [1.82, 2.24) is 19.7 Å². The van der Waals surface area contributed by atoms with Crippen molar-refractivity contribution >= 4 is 11.6 Å². The number of aliphatic hydroxyl groups is 1. The molecule has 7 heteroatoms. The van der Waals surface area contributed by atoms with Gasteiger partial charge in [0, 0.05) is 37.5 Å². The van der Waals surface area contributed by atoms with Gasteiger partial charge in [0.1, 0.15) is 18.0 Å². The summed E-state index contributed by atoms with van der Waals surface area (Å²) < 4.78 is 2.04. The van der Waals surface area contributed by atoms with Crippen LogP contribution in [0.4, 0.5) is 11.6 Å². The van der Waals surface area contributed by atoms with Gasteiger partial charge < -0.3 is 14.9 Å². The van der Waals surface area contributed by atoms with E-state index in [1.54, 1.807) is 6.33 Å². The van der Waals surface area contributed by atoms with Gasteiger partial charge in [0.05, 0.1) is 24.0 Å². The molecule has 0 amide bonds. The van der Waals surface area contributed by atoms with Crippen molar-refractivity contribution in [3.05, 3.63) is 59.2 Å². The number of aromatic nitrogens is 4. The second-order valence-corrected chi connectivity index (χ2v) is 8.46. The van der Waals surface area contributed by atoms with Crippen molar-refractivity contribution in [3.8, 4) is 5.69 Å². The Balaban J connectivity index is 1.58. The minimum Gasteiger partial charge on any atom is -0.394 e. The number of piperidine rings is 1. The molecule has 0 bridgehead atoms. The number of hydrogen-bond donors (Lipinski definition) is 1. The SMILES string of the molecule is Cc1ccccc1-n1nc(C)c(CN(C)c2cc(N3CCCCC3CO)ncn2)c1C. The average Bonchev–Trinajstić information content (AvgIpc) is 3.07. The molecular formula is C24H32N6O. The van der Waals surface area contributed by atoms with Gasteiger partial charge in [-0.05, 0) is 51.7 Å². The largest absolute Gasteiger partial charge is 0.394 e. The van der Waals surface area contributed by atoms with Crippen LogP contribution >= 0.6 is 0 Å². The summed E-state index contributed by atoms with van der Waals surface area (Å²) in [6, 6.07) is 10.5. The van der Waals surface area contributed by atoms with E-state index in [9.17, 15) is 5.11 Å². The number of nitrogens with zero attached hydrogens (tertiary/aromatic N) is 6. The number of anilines is 2. The van der Waals surface area contributed by atoms with Crippen molar-refractivity contribution < 1.29 is 5.11 Å². The summed E-state index contributed by atoms with van der Waals surface area (Å²) in [5, 5.41) is 14.6. The molecule has 1 fully saturated rings. The molecule has 3 aromatic rings. The van der Waals surface area contributed by atoms with E-state index in [-0.39, 0.29) is 12.6 Å². The first-order valence-electron chi connectivity index (χ1n) is 11.0. The Kier molecular flexibility index (Phi) is 6.23. The Morgan fingerprint density at radius 1 is 1.13 bits per heavy atom. The maximum absolute atomic E-state index is 9.77.